The summed E-state index contributed by atoms with van der Waals surface area (Å²) in [7, 11) is 3.20. The van der Waals surface area contributed by atoms with Crippen LogP contribution >= 0.6 is 0 Å². The average Bonchev–Trinajstić information content (AvgIpc) is 2.60. The van der Waals surface area contributed by atoms with E-state index < -0.39 is 0 Å². The number of hydrogen-bond acceptors (Lipinski definition) is 5. The molecule has 2 aromatic rings. The Hall–Kier alpha value is -2.89. The molecule has 6 heteroatoms. The largest absolute Gasteiger partial charge is 0.494 e. The number of nitrogens with one attached hydrogen (secondary N) is 2. The molecule has 26 heavy (non-hydrogen) atoms. The van der Waals surface area contributed by atoms with Crippen LogP contribution in [-0.4, -0.2) is 26.2 Å². The molecule has 0 spiro atoms. The molecule has 0 saturated heterocycles. The van der Waals surface area contributed by atoms with Gasteiger partial charge in [0.1, 0.15) is 5.75 Å². The van der Waals surface area contributed by atoms with Gasteiger partial charge in [0.05, 0.1) is 26.0 Å². The topological polar surface area (TPSA) is 68.8 Å². The van der Waals surface area contributed by atoms with Gasteiger partial charge < -0.3 is 24.8 Å². The number of methoxy groups -OCH3 is 2. The molecule has 140 valence electrons. The molecule has 0 aliphatic carbocycles. The highest BCUT2D eigenvalue weighted by atomic mass is 16.5. The van der Waals surface area contributed by atoms with Crippen LogP contribution in [0.2, 0.25) is 0 Å². The van der Waals surface area contributed by atoms with E-state index in [1.54, 1.807) is 20.3 Å². The van der Waals surface area contributed by atoms with Crippen molar-refractivity contribution in [3.05, 3.63) is 42.0 Å². The minimum Gasteiger partial charge on any atom is -0.494 e. The number of benzene rings is 2. The van der Waals surface area contributed by atoms with Gasteiger partial charge in [0, 0.05) is 30.8 Å². The van der Waals surface area contributed by atoms with Crippen LogP contribution in [0, 0.1) is 0 Å². The molecule has 2 rings (SSSR count). The Morgan fingerprint density at radius 1 is 1.08 bits per heavy atom. The second kappa shape index (κ2) is 8.99. The lowest BCUT2D eigenvalue weighted by molar-refractivity contribution is -0.114. The molecule has 6 nitrogen and oxygen atoms in total. The summed E-state index contributed by atoms with van der Waals surface area (Å²) in [6, 6.07) is 11.3. The van der Waals surface area contributed by atoms with Crippen molar-refractivity contribution in [2.75, 3.05) is 24.9 Å². The van der Waals surface area contributed by atoms with Crippen LogP contribution in [0.4, 0.5) is 11.4 Å². The zero-order valence-corrected chi connectivity index (χ0v) is 15.9. The first kappa shape index (κ1) is 19.4. The maximum absolute atomic E-state index is 11.3. The van der Waals surface area contributed by atoms with Crippen molar-refractivity contribution in [1.29, 1.82) is 0 Å². The van der Waals surface area contributed by atoms with Gasteiger partial charge in [-0.3, -0.25) is 4.79 Å². The van der Waals surface area contributed by atoms with E-state index in [1.165, 1.54) is 6.92 Å². The van der Waals surface area contributed by atoms with E-state index in [2.05, 4.69) is 10.6 Å². The Bertz CT molecular complexity index is 759. The lowest BCUT2D eigenvalue weighted by Gasteiger charge is -2.18. The molecule has 1 amide bonds. The lowest BCUT2D eigenvalue weighted by Crippen LogP contribution is -2.11. The monoisotopic (exact) mass is 358 g/mol. The molecule has 0 atom stereocenters. The van der Waals surface area contributed by atoms with Gasteiger partial charge in [0.15, 0.2) is 11.5 Å². The number of anilines is 2. The van der Waals surface area contributed by atoms with Crippen LogP contribution in [0.5, 0.6) is 17.2 Å². The fourth-order valence-corrected chi connectivity index (χ4v) is 2.52. The quantitative estimate of drug-likeness (QED) is 0.745. The van der Waals surface area contributed by atoms with E-state index in [0.717, 1.165) is 17.0 Å². The summed E-state index contributed by atoms with van der Waals surface area (Å²) in [4.78, 5) is 11.3. The van der Waals surface area contributed by atoms with Crippen molar-refractivity contribution in [2.24, 2.45) is 0 Å². The van der Waals surface area contributed by atoms with E-state index in [9.17, 15) is 4.79 Å². The molecule has 0 fully saturated rings. The Kier molecular flexibility index (Phi) is 6.72. The summed E-state index contributed by atoms with van der Waals surface area (Å²) < 4.78 is 16.7. The summed E-state index contributed by atoms with van der Waals surface area (Å²) in [6.07, 6.45) is 0.0436. The Balaban J connectivity index is 2.19. The molecule has 0 unspecified atom stereocenters. The molecule has 0 aromatic heterocycles. The molecular weight excluding hydrogens is 332 g/mol. The van der Waals surface area contributed by atoms with Crippen molar-refractivity contribution >= 4 is 17.3 Å². The highest BCUT2D eigenvalue weighted by molar-refractivity contribution is 5.90. The third kappa shape index (κ3) is 5.05. The first-order valence-electron chi connectivity index (χ1n) is 8.46. The molecule has 0 radical (unpaired) electrons. The summed E-state index contributed by atoms with van der Waals surface area (Å²) >= 11 is 0. The molecule has 0 heterocycles. The highest BCUT2D eigenvalue weighted by Gasteiger charge is 2.13. The number of ether oxygens (including phenoxy) is 3. The molecule has 0 aliphatic heterocycles. The van der Waals surface area contributed by atoms with Crippen LogP contribution < -0.4 is 24.8 Å². The zero-order chi connectivity index (χ0) is 19.1. The van der Waals surface area contributed by atoms with Crippen molar-refractivity contribution in [1.82, 2.24) is 0 Å². The number of carbonyl (C=O) groups is 1. The van der Waals surface area contributed by atoms with Gasteiger partial charge in [-0.1, -0.05) is 12.1 Å². The van der Waals surface area contributed by atoms with Crippen LogP contribution in [-0.2, 0) is 11.3 Å². The molecule has 0 aliphatic rings. The number of amides is 1. The van der Waals surface area contributed by atoms with E-state index in [-0.39, 0.29) is 12.0 Å². The Labute approximate surface area is 154 Å². The number of rotatable bonds is 8. The number of para-hydroxylation sites is 1. The van der Waals surface area contributed by atoms with Crippen molar-refractivity contribution < 1.29 is 19.0 Å². The molecule has 0 saturated carbocycles. The van der Waals surface area contributed by atoms with Gasteiger partial charge in [0.2, 0.25) is 5.91 Å². The fourth-order valence-electron chi connectivity index (χ4n) is 2.52. The zero-order valence-electron chi connectivity index (χ0n) is 15.9. The van der Waals surface area contributed by atoms with E-state index in [0.29, 0.717) is 23.7 Å². The maximum atomic E-state index is 11.3. The van der Waals surface area contributed by atoms with Crippen molar-refractivity contribution in [3.8, 4) is 17.2 Å². The first-order chi connectivity index (χ1) is 12.4. The molecule has 2 aromatic carbocycles. The minimum absolute atomic E-state index is 0.0436. The predicted octanol–water partition coefficient (Wildman–Crippen LogP) is 4.06. The smallest absolute Gasteiger partial charge is 0.221 e. The normalized spacial score (nSPS) is 10.4. The van der Waals surface area contributed by atoms with Gasteiger partial charge in [-0.2, -0.15) is 0 Å². The standard InChI is InChI=1S/C20H26N2O4/c1-13(2)26-20-15(7-6-8-18(20)24-4)12-21-16-9-10-17(22-14(3)23)19(11-16)25-5/h6-11,13,21H,12H2,1-5H3,(H,22,23). The Morgan fingerprint density at radius 2 is 1.81 bits per heavy atom. The molecule has 0 bridgehead atoms. The SMILES string of the molecule is COc1cc(NCc2cccc(OC)c2OC(C)C)ccc1NC(C)=O. The second-order valence-electron chi connectivity index (χ2n) is 6.06. The average molecular weight is 358 g/mol. The molecular formula is C20H26N2O4. The van der Waals surface area contributed by atoms with E-state index in [1.807, 2.05) is 44.2 Å². The summed E-state index contributed by atoms with van der Waals surface area (Å²) in [5.74, 6) is 1.89. The highest BCUT2D eigenvalue weighted by Crippen LogP contribution is 2.33. The summed E-state index contributed by atoms with van der Waals surface area (Å²) in [6.45, 7) is 5.98. The van der Waals surface area contributed by atoms with Crippen LogP contribution in [0.15, 0.2) is 36.4 Å². The third-order valence-corrected chi connectivity index (χ3v) is 3.63. The summed E-state index contributed by atoms with van der Waals surface area (Å²) in [5, 5.41) is 6.10. The number of carbonyl (C=O) groups excluding carboxylic acids is 1. The van der Waals surface area contributed by atoms with Crippen LogP contribution in [0.3, 0.4) is 0 Å². The lowest BCUT2D eigenvalue weighted by atomic mass is 10.1. The van der Waals surface area contributed by atoms with Gasteiger partial charge in [-0.15, -0.1) is 0 Å². The third-order valence-electron chi connectivity index (χ3n) is 3.63. The van der Waals surface area contributed by atoms with Gasteiger partial charge in [-0.05, 0) is 32.0 Å². The van der Waals surface area contributed by atoms with Gasteiger partial charge >= 0.3 is 0 Å². The van der Waals surface area contributed by atoms with Crippen LogP contribution in [0.1, 0.15) is 26.3 Å². The predicted molar refractivity (Wildman–Crippen MR) is 103 cm³/mol. The summed E-state index contributed by atoms with van der Waals surface area (Å²) in [5.41, 5.74) is 2.49. The van der Waals surface area contributed by atoms with Gasteiger partial charge in [0.25, 0.3) is 0 Å². The van der Waals surface area contributed by atoms with Crippen molar-refractivity contribution in [2.45, 2.75) is 33.4 Å². The van der Waals surface area contributed by atoms with Gasteiger partial charge in [-0.25, -0.2) is 0 Å². The first-order valence-corrected chi connectivity index (χ1v) is 8.46. The number of hydrogen-bond donors (Lipinski definition) is 2. The van der Waals surface area contributed by atoms with Crippen molar-refractivity contribution in [3.63, 3.8) is 0 Å². The second-order valence-corrected chi connectivity index (χ2v) is 6.06. The Morgan fingerprint density at radius 3 is 2.42 bits per heavy atom. The van der Waals surface area contributed by atoms with E-state index >= 15 is 0 Å². The maximum Gasteiger partial charge on any atom is 0.221 e. The fraction of sp³-hybridized carbons (Fsp3) is 0.350. The van der Waals surface area contributed by atoms with E-state index in [4.69, 9.17) is 14.2 Å². The molecule has 2 N–H and O–H groups in total. The minimum atomic E-state index is -0.143. The van der Waals surface area contributed by atoms with Crippen LogP contribution in [0.25, 0.3) is 0 Å².